The molecule has 1 aromatic heterocycles. The van der Waals surface area contributed by atoms with Gasteiger partial charge in [0.25, 0.3) is 10.0 Å². The zero-order valence-corrected chi connectivity index (χ0v) is 19.8. The van der Waals surface area contributed by atoms with E-state index in [1.165, 1.54) is 25.3 Å². The molecule has 0 radical (unpaired) electrons. The molecule has 1 heterocycles. The average molecular weight is 553 g/mol. The van der Waals surface area contributed by atoms with Gasteiger partial charge in [0.1, 0.15) is 19.9 Å². The van der Waals surface area contributed by atoms with Crippen molar-refractivity contribution >= 4 is 56.3 Å². The van der Waals surface area contributed by atoms with E-state index in [1.54, 1.807) is 24.3 Å². The van der Waals surface area contributed by atoms with Crippen LogP contribution in [0.3, 0.4) is 0 Å². The first kappa shape index (κ1) is 27.8. The Balaban J connectivity index is 0.000000540. The number of nitrogens with two attached hydrogens (primary N) is 1. The highest BCUT2D eigenvalue weighted by Gasteiger charge is 2.38. The number of carbonyl (C=O) groups excluding carboxylic acids is 1. The molecule has 0 fully saturated rings. The van der Waals surface area contributed by atoms with E-state index in [1.807, 2.05) is 0 Å². The summed E-state index contributed by atoms with van der Waals surface area (Å²) in [6, 6.07) is 12.1. The number of benzene rings is 2. The molecule has 3 aromatic rings. The van der Waals surface area contributed by atoms with Crippen molar-refractivity contribution < 1.29 is 46.1 Å². The second-order valence-corrected chi connectivity index (χ2v) is 10.1. The van der Waals surface area contributed by atoms with Crippen molar-refractivity contribution in [2.75, 3.05) is 17.6 Å². The van der Waals surface area contributed by atoms with Gasteiger partial charge in [-0.15, -0.1) is 11.3 Å². The standard InChI is InChI=1S/C18H15ClN2O5S2.C2HF3O2/c1-26-18(23)13-6-5-12(8-15(13)22)21-28(24,25)16-9-14(17(19)27-16)10-3-2-4-11(20)7-10;3-2(4,5)1(6)7/h2-9,21-22H,20H2,1H3;(H,6,7). The molecule has 5 N–H and O–H groups in total. The van der Waals surface area contributed by atoms with Gasteiger partial charge in [-0.3, -0.25) is 4.72 Å². The van der Waals surface area contributed by atoms with Crippen LogP contribution in [0.25, 0.3) is 11.1 Å². The Morgan fingerprint density at radius 2 is 1.77 bits per heavy atom. The number of phenols is 1. The maximum absolute atomic E-state index is 12.7. The smallest absolute Gasteiger partial charge is 0.490 e. The Kier molecular flexibility index (Phi) is 8.59. The fraction of sp³-hybridized carbons (Fsp3) is 0.100. The van der Waals surface area contributed by atoms with E-state index < -0.39 is 33.9 Å². The number of carbonyl (C=O) groups is 2. The number of methoxy groups -OCH3 is 1. The number of hydrogen-bond acceptors (Lipinski definition) is 8. The summed E-state index contributed by atoms with van der Waals surface area (Å²) in [6.07, 6.45) is -5.08. The van der Waals surface area contributed by atoms with Crippen LogP contribution in [0.15, 0.2) is 52.7 Å². The molecule has 188 valence electrons. The summed E-state index contributed by atoms with van der Waals surface area (Å²) in [5.74, 6) is -3.90. The highest BCUT2D eigenvalue weighted by atomic mass is 35.5. The van der Waals surface area contributed by atoms with E-state index >= 15 is 0 Å². The summed E-state index contributed by atoms with van der Waals surface area (Å²) in [6.45, 7) is 0. The highest BCUT2D eigenvalue weighted by molar-refractivity contribution is 7.94. The molecule has 0 atom stereocenters. The predicted molar refractivity (Wildman–Crippen MR) is 123 cm³/mol. The molecule has 0 unspecified atom stereocenters. The molecule has 15 heteroatoms. The largest absolute Gasteiger partial charge is 0.507 e. The van der Waals surface area contributed by atoms with Crippen LogP contribution in [0.2, 0.25) is 4.34 Å². The number of phenolic OH excluding ortho intramolecular Hbond substituents is 1. The Bertz CT molecular complexity index is 1360. The van der Waals surface area contributed by atoms with Crippen molar-refractivity contribution in [2.24, 2.45) is 0 Å². The van der Waals surface area contributed by atoms with E-state index in [0.29, 0.717) is 21.2 Å². The SMILES string of the molecule is COC(=O)c1ccc(NS(=O)(=O)c2cc(-c3cccc(N)c3)c(Cl)s2)cc1O.O=C(O)C(F)(F)F. The number of nitrogens with one attached hydrogen (secondary N) is 1. The number of ether oxygens (including phenoxy) is 1. The number of halogens is 4. The van der Waals surface area contributed by atoms with Crippen molar-refractivity contribution in [2.45, 2.75) is 10.4 Å². The van der Waals surface area contributed by atoms with Gasteiger partial charge in [0.05, 0.1) is 12.8 Å². The lowest BCUT2D eigenvalue weighted by Crippen LogP contribution is -2.21. The number of rotatable bonds is 5. The van der Waals surface area contributed by atoms with Gasteiger partial charge in [-0.05, 0) is 35.9 Å². The van der Waals surface area contributed by atoms with Crippen molar-refractivity contribution in [1.29, 1.82) is 0 Å². The van der Waals surface area contributed by atoms with Crippen LogP contribution in [0, 0.1) is 0 Å². The van der Waals surface area contributed by atoms with Crippen molar-refractivity contribution in [1.82, 2.24) is 0 Å². The van der Waals surface area contributed by atoms with Crippen molar-refractivity contribution in [3.05, 3.63) is 58.4 Å². The summed E-state index contributed by atoms with van der Waals surface area (Å²) in [5, 5.41) is 17.0. The number of esters is 1. The van der Waals surface area contributed by atoms with Gasteiger partial charge in [0.15, 0.2) is 0 Å². The maximum Gasteiger partial charge on any atom is 0.490 e. The lowest BCUT2D eigenvalue weighted by atomic mass is 10.1. The van der Waals surface area contributed by atoms with Crippen molar-refractivity contribution in [3.63, 3.8) is 0 Å². The van der Waals surface area contributed by atoms with Gasteiger partial charge in [-0.2, -0.15) is 13.2 Å². The normalized spacial score (nSPS) is 11.2. The molecule has 0 bridgehead atoms. The molecule has 0 aliphatic heterocycles. The number of sulfonamides is 1. The first-order valence-electron chi connectivity index (χ1n) is 9.05. The number of aromatic hydroxyl groups is 1. The third-order valence-corrected chi connectivity index (χ3v) is 7.24. The number of hydrogen-bond donors (Lipinski definition) is 4. The molecule has 3 rings (SSSR count). The van der Waals surface area contributed by atoms with Gasteiger partial charge in [0.2, 0.25) is 0 Å². The first-order chi connectivity index (χ1) is 16.2. The van der Waals surface area contributed by atoms with Gasteiger partial charge in [0, 0.05) is 17.3 Å². The zero-order chi connectivity index (χ0) is 26.6. The van der Waals surface area contributed by atoms with Gasteiger partial charge >= 0.3 is 18.1 Å². The molecule has 9 nitrogen and oxygen atoms in total. The lowest BCUT2D eigenvalue weighted by molar-refractivity contribution is -0.192. The monoisotopic (exact) mass is 552 g/mol. The third-order valence-electron chi connectivity index (χ3n) is 4.02. The average Bonchev–Trinajstić information content (AvgIpc) is 3.15. The summed E-state index contributed by atoms with van der Waals surface area (Å²) in [4.78, 5) is 20.4. The molecule has 35 heavy (non-hydrogen) atoms. The quantitative estimate of drug-likeness (QED) is 0.265. The minimum Gasteiger partial charge on any atom is -0.507 e. The summed E-state index contributed by atoms with van der Waals surface area (Å²) >= 11 is 7.13. The molecular formula is C20H16ClF3N2O7S2. The summed E-state index contributed by atoms with van der Waals surface area (Å²) < 4.78 is 64.3. The fourth-order valence-corrected chi connectivity index (χ4v) is 5.28. The molecular weight excluding hydrogens is 537 g/mol. The number of aliphatic carboxylic acids is 1. The van der Waals surface area contributed by atoms with Crippen LogP contribution in [-0.2, 0) is 19.6 Å². The Morgan fingerprint density at radius 1 is 1.14 bits per heavy atom. The zero-order valence-electron chi connectivity index (χ0n) is 17.5. The maximum atomic E-state index is 12.7. The van der Waals surface area contributed by atoms with Gasteiger partial charge < -0.3 is 20.7 Å². The van der Waals surface area contributed by atoms with Crippen LogP contribution in [0.5, 0.6) is 5.75 Å². The highest BCUT2D eigenvalue weighted by Crippen LogP contribution is 2.39. The second-order valence-electron chi connectivity index (χ2n) is 6.51. The molecule has 0 aliphatic carbocycles. The van der Waals surface area contributed by atoms with E-state index in [4.69, 9.17) is 27.2 Å². The van der Waals surface area contributed by atoms with E-state index in [-0.39, 0.29) is 15.5 Å². The van der Waals surface area contributed by atoms with Crippen LogP contribution in [0.4, 0.5) is 24.5 Å². The summed E-state index contributed by atoms with van der Waals surface area (Å²) in [5.41, 5.74) is 7.55. The Hall–Kier alpha value is -3.49. The number of carboxylic acids is 1. The number of anilines is 2. The summed E-state index contributed by atoms with van der Waals surface area (Å²) in [7, 11) is -2.79. The first-order valence-corrected chi connectivity index (χ1v) is 11.7. The molecule has 0 aliphatic rings. The molecule has 0 saturated heterocycles. The van der Waals surface area contributed by atoms with Crippen molar-refractivity contribution in [3.8, 4) is 16.9 Å². The topological polar surface area (TPSA) is 156 Å². The Labute approximate surface area is 205 Å². The number of nitrogen functional groups attached to an aromatic ring is 1. The van der Waals surface area contributed by atoms with Crippen LogP contribution in [-0.4, -0.2) is 43.9 Å². The number of carboxylic acid groups (broad SMARTS) is 1. The minimum absolute atomic E-state index is 0.00791. The van der Waals surface area contributed by atoms with Crippen LogP contribution >= 0.6 is 22.9 Å². The number of alkyl halides is 3. The van der Waals surface area contributed by atoms with E-state index in [9.17, 15) is 31.5 Å². The predicted octanol–water partition coefficient (Wildman–Crippen LogP) is 4.58. The molecule has 0 amide bonds. The Morgan fingerprint density at radius 3 is 2.29 bits per heavy atom. The molecule has 0 spiro atoms. The third kappa shape index (κ3) is 7.24. The van der Waals surface area contributed by atoms with E-state index in [2.05, 4.69) is 9.46 Å². The van der Waals surface area contributed by atoms with Gasteiger partial charge in [-0.25, -0.2) is 18.0 Å². The number of thiophene rings is 1. The van der Waals surface area contributed by atoms with Crippen LogP contribution in [0.1, 0.15) is 10.4 Å². The van der Waals surface area contributed by atoms with E-state index in [0.717, 1.165) is 17.4 Å². The molecule has 2 aromatic carbocycles. The van der Waals surface area contributed by atoms with Crippen LogP contribution < -0.4 is 10.5 Å². The lowest BCUT2D eigenvalue weighted by Gasteiger charge is -2.08. The fourth-order valence-electron chi connectivity index (χ4n) is 2.47. The minimum atomic E-state index is -5.08. The molecule has 0 saturated carbocycles. The second kappa shape index (κ2) is 10.8. The van der Waals surface area contributed by atoms with Gasteiger partial charge in [-0.1, -0.05) is 23.7 Å².